The van der Waals surface area contributed by atoms with E-state index in [0.29, 0.717) is 5.69 Å². The molecule has 2 heterocycles. The van der Waals surface area contributed by atoms with Gasteiger partial charge in [-0.25, -0.2) is 14.2 Å². The lowest BCUT2D eigenvalue weighted by Crippen LogP contribution is -2.64. The van der Waals surface area contributed by atoms with Crippen molar-refractivity contribution in [2.24, 2.45) is 0 Å². The van der Waals surface area contributed by atoms with Crippen molar-refractivity contribution in [2.75, 3.05) is 12.0 Å². The van der Waals surface area contributed by atoms with Gasteiger partial charge in [0, 0.05) is 12.2 Å². The molecule has 9 heteroatoms. The number of amides is 2. The molecule has 34 heavy (non-hydrogen) atoms. The molecule has 1 N–H and O–H groups in total. The number of benzene rings is 2. The van der Waals surface area contributed by atoms with Crippen molar-refractivity contribution in [3.8, 4) is 0 Å². The largest absolute Gasteiger partial charge is 0.464 e. The number of carbonyl (C=O) groups excluding carboxylic acids is 3. The summed E-state index contributed by atoms with van der Waals surface area (Å²) < 4.78 is 19.5. The molecule has 0 fully saturated rings. The first-order valence-corrected chi connectivity index (χ1v) is 10.7. The van der Waals surface area contributed by atoms with E-state index in [0.717, 1.165) is 16.7 Å². The molecule has 0 spiro atoms. The Balaban J connectivity index is 1.77. The van der Waals surface area contributed by atoms with Crippen LogP contribution in [0.25, 0.3) is 0 Å². The molecule has 1 aliphatic rings. The number of aromatic nitrogens is 2. The third-order valence-electron chi connectivity index (χ3n) is 5.91. The first kappa shape index (κ1) is 23.2. The summed E-state index contributed by atoms with van der Waals surface area (Å²) in [4.78, 5) is 45.1. The molecule has 0 bridgehead atoms. The van der Waals surface area contributed by atoms with Gasteiger partial charge in [-0.05, 0) is 61.7 Å². The fourth-order valence-corrected chi connectivity index (χ4v) is 4.34. The molecule has 1 unspecified atom stereocenters. The maximum atomic E-state index is 13.8. The Morgan fingerprint density at radius 3 is 2.41 bits per heavy atom. The zero-order chi connectivity index (χ0) is 24.6. The van der Waals surface area contributed by atoms with Crippen molar-refractivity contribution in [3.05, 3.63) is 82.7 Å². The number of imidazole rings is 1. The number of halogens is 1. The second-order valence-electron chi connectivity index (χ2n) is 8.63. The SMILES string of the molecule is COC(=O)c1ncn2c1C(=O)N(c1cc(C)cc(C)c1)C(C)(C(=O)NCc1ccc(F)cc1)C2. The fraction of sp³-hybridized carbons (Fsp3) is 0.280. The molecule has 176 valence electrons. The van der Waals surface area contributed by atoms with E-state index in [1.165, 1.54) is 35.0 Å². The minimum atomic E-state index is -1.33. The number of aryl methyl sites for hydroxylation is 2. The van der Waals surface area contributed by atoms with Crippen LogP contribution in [0.1, 0.15) is 44.6 Å². The van der Waals surface area contributed by atoms with E-state index in [1.54, 1.807) is 19.1 Å². The Labute approximate surface area is 196 Å². The predicted molar refractivity (Wildman–Crippen MR) is 123 cm³/mol. The molecular formula is C25H25FN4O4. The number of rotatable bonds is 5. The van der Waals surface area contributed by atoms with E-state index in [1.807, 2.05) is 32.0 Å². The minimum Gasteiger partial charge on any atom is -0.464 e. The summed E-state index contributed by atoms with van der Waals surface area (Å²) in [7, 11) is 1.22. The van der Waals surface area contributed by atoms with Crippen LogP contribution in [0.4, 0.5) is 10.1 Å². The number of esters is 1. The maximum Gasteiger partial charge on any atom is 0.359 e. The Morgan fingerprint density at radius 2 is 1.79 bits per heavy atom. The number of fused-ring (bicyclic) bond motifs is 1. The second-order valence-corrected chi connectivity index (χ2v) is 8.63. The second kappa shape index (κ2) is 8.74. The van der Waals surface area contributed by atoms with Gasteiger partial charge in [-0.2, -0.15) is 0 Å². The number of hydrogen-bond acceptors (Lipinski definition) is 5. The maximum absolute atomic E-state index is 13.8. The van der Waals surface area contributed by atoms with E-state index in [4.69, 9.17) is 4.74 Å². The highest BCUT2D eigenvalue weighted by Crippen LogP contribution is 2.35. The fourth-order valence-electron chi connectivity index (χ4n) is 4.34. The highest BCUT2D eigenvalue weighted by molar-refractivity contribution is 6.15. The summed E-state index contributed by atoms with van der Waals surface area (Å²) in [5.74, 6) is -2.03. The van der Waals surface area contributed by atoms with Crippen LogP contribution in [0.15, 0.2) is 48.8 Å². The molecule has 0 saturated carbocycles. The summed E-state index contributed by atoms with van der Waals surface area (Å²) in [6.45, 7) is 5.71. The number of anilines is 1. The van der Waals surface area contributed by atoms with Crippen LogP contribution in [0.2, 0.25) is 0 Å². The van der Waals surface area contributed by atoms with E-state index >= 15 is 0 Å². The molecular weight excluding hydrogens is 439 g/mol. The van der Waals surface area contributed by atoms with Gasteiger partial charge in [-0.1, -0.05) is 18.2 Å². The molecule has 2 amide bonds. The molecule has 0 saturated heterocycles. The zero-order valence-electron chi connectivity index (χ0n) is 19.4. The van der Waals surface area contributed by atoms with Crippen molar-refractivity contribution in [3.63, 3.8) is 0 Å². The van der Waals surface area contributed by atoms with Crippen molar-refractivity contribution in [1.29, 1.82) is 0 Å². The van der Waals surface area contributed by atoms with Crippen LogP contribution in [0.3, 0.4) is 0 Å². The number of nitrogens with zero attached hydrogens (tertiary/aromatic N) is 3. The van der Waals surface area contributed by atoms with Crippen molar-refractivity contribution in [1.82, 2.24) is 14.9 Å². The van der Waals surface area contributed by atoms with Gasteiger partial charge in [0.05, 0.1) is 20.0 Å². The Bertz CT molecular complexity index is 1260. The zero-order valence-corrected chi connectivity index (χ0v) is 19.4. The van der Waals surface area contributed by atoms with Gasteiger partial charge < -0.3 is 14.6 Å². The van der Waals surface area contributed by atoms with Crippen molar-refractivity contribution < 1.29 is 23.5 Å². The predicted octanol–water partition coefficient (Wildman–Crippen LogP) is 3.16. The summed E-state index contributed by atoms with van der Waals surface area (Å²) in [5.41, 5.74) is 1.72. The molecule has 1 aliphatic heterocycles. The van der Waals surface area contributed by atoms with Gasteiger partial charge in [0.15, 0.2) is 5.69 Å². The number of methoxy groups -OCH3 is 1. The first-order chi connectivity index (χ1) is 16.1. The van der Waals surface area contributed by atoms with E-state index in [9.17, 15) is 18.8 Å². The van der Waals surface area contributed by atoms with Crippen LogP contribution in [-0.2, 0) is 22.6 Å². The van der Waals surface area contributed by atoms with Crippen LogP contribution < -0.4 is 10.2 Å². The number of hydrogen-bond donors (Lipinski definition) is 1. The number of nitrogens with one attached hydrogen (secondary N) is 1. The van der Waals surface area contributed by atoms with Gasteiger partial charge in [-0.15, -0.1) is 0 Å². The molecule has 0 radical (unpaired) electrons. The summed E-state index contributed by atoms with van der Waals surface area (Å²) in [6.07, 6.45) is 1.36. The normalized spacial score (nSPS) is 17.3. The van der Waals surface area contributed by atoms with Crippen molar-refractivity contribution >= 4 is 23.5 Å². The van der Waals surface area contributed by atoms with E-state index in [2.05, 4.69) is 10.3 Å². The van der Waals surface area contributed by atoms with Crippen LogP contribution in [0, 0.1) is 19.7 Å². The average Bonchev–Trinajstić information content (AvgIpc) is 3.21. The topological polar surface area (TPSA) is 93.5 Å². The average molecular weight is 464 g/mol. The third kappa shape index (κ3) is 4.05. The molecule has 1 aromatic heterocycles. The van der Waals surface area contributed by atoms with E-state index < -0.39 is 23.3 Å². The van der Waals surface area contributed by atoms with Gasteiger partial charge in [-0.3, -0.25) is 14.5 Å². The molecule has 2 aromatic carbocycles. The Kier molecular flexibility index (Phi) is 5.95. The third-order valence-corrected chi connectivity index (χ3v) is 5.91. The monoisotopic (exact) mass is 464 g/mol. The summed E-state index contributed by atoms with van der Waals surface area (Å²) in [6, 6.07) is 11.4. The number of ether oxygens (including phenoxy) is 1. The highest BCUT2D eigenvalue weighted by Gasteiger charge is 2.49. The Hall–Kier alpha value is -4.01. The standard InChI is InChI=1S/C25H25FN4O4/c1-15-9-16(2)11-19(10-15)30-22(31)21-20(23(32)34-4)28-14-29(21)13-25(30,3)24(33)27-12-17-5-7-18(26)8-6-17/h5-11,14H,12-13H2,1-4H3,(H,27,33). The lowest BCUT2D eigenvalue weighted by atomic mass is 9.92. The van der Waals surface area contributed by atoms with E-state index in [-0.39, 0.29) is 30.3 Å². The lowest BCUT2D eigenvalue weighted by Gasteiger charge is -2.43. The lowest BCUT2D eigenvalue weighted by molar-refractivity contribution is -0.126. The van der Waals surface area contributed by atoms with Gasteiger partial charge in [0.1, 0.15) is 17.1 Å². The highest BCUT2D eigenvalue weighted by atomic mass is 19.1. The molecule has 3 aromatic rings. The molecule has 8 nitrogen and oxygen atoms in total. The van der Waals surface area contributed by atoms with Gasteiger partial charge in [0.2, 0.25) is 5.91 Å². The molecule has 1 atom stereocenters. The van der Waals surface area contributed by atoms with Crippen LogP contribution >= 0.6 is 0 Å². The first-order valence-electron chi connectivity index (χ1n) is 10.7. The van der Waals surface area contributed by atoms with Crippen molar-refractivity contribution in [2.45, 2.75) is 39.4 Å². The minimum absolute atomic E-state index is 0.0646. The smallest absolute Gasteiger partial charge is 0.359 e. The number of carbonyl (C=O) groups is 3. The quantitative estimate of drug-likeness (QED) is 0.586. The molecule has 4 rings (SSSR count). The molecule has 0 aliphatic carbocycles. The van der Waals surface area contributed by atoms with Gasteiger partial charge in [0.25, 0.3) is 5.91 Å². The summed E-state index contributed by atoms with van der Waals surface area (Å²) >= 11 is 0. The van der Waals surface area contributed by atoms with Crippen LogP contribution in [0.5, 0.6) is 0 Å². The summed E-state index contributed by atoms with van der Waals surface area (Å²) in [5, 5.41) is 2.87. The van der Waals surface area contributed by atoms with Crippen LogP contribution in [-0.4, -0.2) is 40.0 Å². The van der Waals surface area contributed by atoms with Gasteiger partial charge >= 0.3 is 5.97 Å². The Morgan fingerprint density at radius 1 is 1.15 bits per heavy atom.